The van der Waals surface area contributed by atoms with Crippen molar-refractivity contribution in [1.82, 2.24) is 10.6 Å². The van der Waals surface area contributed by atoms with Gasteiger partial charge < -0.3 is 15.7 Å². The van der Waals surface area contributed by atoms with Crippen LogP contribution in [0.3, 0.4) is 0 Å². The van der Waals surface area contributed by atoms with E-state index in [-0.39, 0.29) is 24.5 Å². The van der Waals surface area contributed by atoms with E-state index in [1.807, 2.05) is 13.8 Å². The molecule has 0 rings (SSSR count). The molecular weight excluding hydrogens is 316 g/mol. The molecule has 0 spiro atoms. The lowest BCUT2D eigenvalue weighted by atomic mass is 10.0. The Morgan fingerprint density at radius 1 is 0.920 bits per heavy atom. The van der Waals surface area contributed by atoms with Crippen molar-refractivity contribution < 1.29 is 14.7 Å². The van der Waals surface area contributed by atoms with Crippen molar-refractivity contribution in [3.05, 3.63) is 0 Å². The first-order chi connectivity index (χ1) is 12.0. The highest BCUT2D eigenvalue weighted by Crippen LogP contribution is 2.11. The Bertz CT molecular complexity index is 348. The van der Waals surface area contributed by atoms with Crippen LogP contribution in [0, 0.1) is 0 Å². The average molecular weight is 357 g/mol. The molecule has 0 saturated heterocycles. The molecule has 0 aliphatic carbocycles. The Morgan fingerprint density at radius 2 is 1.48 bits per heavy atom. The molecule has 3 N–H and O–H groups in total. The van der Waals surface area contributed by atoms with E-state index in [2.05, 4.69) is 17.6 Å². The first kappa shape index (κ1) is 23.9. The predicted octanol–water partition coefficient (Wildman–Crippen LogP) is 4.25. The molecule has 0 bridgehead atoms. The summed E-state index contributed by atoms with van der Waals surface area (Å²) in [5.74, 6) is -0.727. The van der Waals surface area contributed by atoms with Crippen molar-refractivity contribution >= 4 is 11.9 Å². The Kier molecular flexibility index (Phi) is 15.7. The van der Waals surface area contributed by atoms with E-state index in [1.165, 1.54) is 44.9 Å². The standard InChI is InChI=1S/C20H40N2O3/c1-4-6-7-8-9-10-11-12-13-14-19(23)22-18(5-2)15-17(3)21-16-20(24)25/h17-18,21H,4-16H2,1-3H3,(H,22,23)(H,24,25). The van der Waals surface area contributed by atoms with Gasteiger partial charge in [0.2, 0.25) is 5.91 Å². The quantitative estimate of drug-likeness (QED) is 0.340. The Morgan fingerprint density at radius 3 is 2.00 bits per heavy atom. The molecule has 2 unspecified atom stereocenters. The number of carbonyl (C=O) groups is 2. The molecule has 25 heavy (non-hydrogen) atoms. The highest BCUT2D eigenvalue weighted by atomic mass is 16.4. The lowest BCUT2D eigenvalue weighted by Crippen LogP contribution is -2.41. The topological polar surface area (TPSA) is 78.4 Å². The lowest BCUT2D eigenvalue weighted by molar-refractivity contribution is -0.136. The van der Waals surface area contributed by atoms with Crippen LogP contribution in [0.25, 0.3) is 0 Å². The summed E-state index contributed by atoms with van der Waals surface area (Å²) in [6.45, 7) is 6.21. The summed E-state index contributed by atoms with van der Waals surface area (Å²) in [5.41, 5.74) is 0. The van der Waals surface area contributed by atoms with Gasteiger partial charge in [0, 0.05) is 18.5 Å². The minimum atomic E-state index is -0.853. The van der Waals surface area contributed by atoms with E-state index >= 15 is 0 Å². The van der Waals surface area contributed by atoms with Gasteiger partial charge >= 0.3 is 5.97 Å². The van der Waals surface area contributed by atoms with Gasteiger partial charge in [0.25, 0.3) is 0 Å². The van der Waals surface area contributed by atoms with Crippen LogP contribution in [0.15, 0.2) is 0 Å². The van der Waals surface area contributed by atoms with Gasteiger partial charge in [-0.2, -0.15) is 0 Å². The molecule has 0 aliphatic rings. The SMILES string of the molecule is CCCCCCCCCCCC(=O)NC(CC)CC(C)NCC(=O)O. The second-order valence-corrected chi connectivity index (χ2v) is 7.16. The number of rotatable bonds is 17. The maximum atomic E-state index is 12.0. The van der Waals surface area contributed by atoms with Crippen molar-refractivity contribution in [1.29, 1.82) is 0 Å². The number of unbranched alkanes of at least 4 members (excludes halogenated alkanes) is 8. The van der Waals surface area contributed by atoms with Crippen LogP contribution in [0.2, 0.25) is 0 Å². The van der Waals surface area contributed by atoms with Crippen molar-refractivity contribution in [3.8, 4) is 0 Å². The molecule has 5 nitrogen and oxygen atoms in total. The third-order valence-corrected chi connectivity index (χ3v) is 4.61. The second-order valence-electron chi connectivity index (χ2n) is 7.16. The number of amides is 1. The normalized spacial score (nSPS) is 13.4. The average Bonchev–Trinajstić information content (AvgIpc) is 2.57. The van der Waals surface area contributed by atoms with Crippen LogP contribution < -0.4 is 10.6 Å². The molecule has 5 heteroatoms. The lowest BCUT2D eigenvalue weighted by Gasteiger charge is -2.21. The minimum Gasteiger partial charge on any atom is -0.480 e. The molecule has 1 amide bonds. The number of hydrogen-bond acceptors (Lipinski definition) is 3. The fourth-order valence-corrected chi connectivity index (χ4v) is 3.00. The summed E-state index contributed by atoms with van der Waals surface area (Å²) in [6.07, 6.45) is 13.5. The van der Waals surface area contributed by atoms with Gasteiger partial charge in [-0.15, -0.1) is 0 Å². The Balaban J connectivity index is 3.68. The molecule has 148 valence electrons. The van der Waals surface area contributed by atoms with E-state index in [4.69, 9.17) is 5.11 Å². The van der Waals surface area contributed by atoms with Gasteiger partial charge in [0.05, 0.1) is 6.54 Å². The van der Waals surface area contributed by atoms with Crippen molar-refractivity contribution in [2.45, 2.75) is 110 Å². The molecule has 2 atom stereocenters. The maximum absolute atomic E-state index is 12.0. The van der Waals surface area contributed by atoms with E-state index < -0.39 is 5.97 Å². The van der Waals surface area contributed by atoms with Crippen LogP contribution >= 0.6 is 0 Å². The molecule has 0 aromatic carbocycles. The second kappa shape index (κ2) is 16.4. The monoisotopic (exact) mass is 356 g/mol. The van der Waals surface area contributed by atoms with Gasteiger partial charge in [-0.05, 0) is 26.2 Å². The fraction of sp³-hybridized carbons (Fsp3) is 0.900. The van der Waals surface area contributed by atoms with E-state index in [0.29, 0.717) is 6.42 Å². The summed E-state index contributed by atoms with van der Waals surface area (Å²) >= 11 is 0. The molecule has 0 radical (unpaired) electrons. The predicted molar refractivity (Wildman–Crippen MR) is 104 cm³/mol. The summed E-state index contributed by atoms with van der Waals surface area (Å²) in [4.78, 5) is 22.6. The van der Waals surface area contributed by atoms with Gasteiger partial charge in [0.15, 0.2) is 0 Å². The van der Waals surface area contributed by atoms with Gasteiger partial charge in [0.1, 0.15) is 0 Å². The zero-order valence-corrected chi connectivity index (χ0v) is 16.6. The third kappa shape index (κ3) is 16.1. The number of hydrogen-bond donors (Lipinski definition) is 3. The summed E-state index contributed by atoms with van der Waals surface area (Å²) < 4.78 is 0. The number of carboxylic acids is 1. The van der Waals surface area contributed by atoms with Crippen LogP contribution in [0.5, 0.6) is 0 Å². The third-order valence-electron chi connectivity index (χ3n) is 4.61. The zero-order chi connectivity index (χ0) is 18.9. The molecule has 0 aliphatic heterocycles. The van der Waals surface area contributed by atoms with Gasteiger partial charge in [-0.3, -0.25) is 9.59 Å². The molecule has 0 fully saturated rings. The molecular formula is C20H40N2O3. The summed E-state index contributed by atoms with van der Waals surface area (Å²) in [5, 5.41) is 14.7. The largest absolute Gasteiger partial charge is 0.480 e. The highest BCUT2D eigenvalue weighted by Gasteiger charge is 2.14. The van der Waals surface area contributed by atoms with Gasteiger partial charge in [-0.1, -0.05) is 65.2 Å². The molecule has 0 saturated carbocycles. The number of carbonyl (C=O) groups excluding carboxylic acids is 1. The summed E-state index contributed by atoms with van der Waals surface area (Å²) in [7, 11) is 0. The smallest absolute Gasteiger partial charge is 0.317 e. The number of nitrogens with one attached hydrogen (secondary N) is 2. The van der Waals surface area contributed by atoms with Crippen molar-refractivity contribution in [2.75, 3.05) is 6.54 Å². The summed E-state index contributed by atoms with van der Waals surface area (Å²) in [6, 6.07) is 0.191. The Hall–Kier alpha value is -1.10. The zero-order valence-electron chi connectivity index (χ0n) is 16.6. The van der Waals surface area contributed by atoms with Crippen LogP contribution in [-0.4, -0.2) is 35.6 Å². The van der Waals surface area contributed by atoms with E-state index in [9.17, 15) is 9.59 Å². The first-order valence-electron chi connectivity index (χ1n) is 10.2. The maximum Gasteiger partial charge on any atom is 0.317 e. The molecule has 0 heterocycles. The first-order valence-corrected chi connectivity index (χ1v) is 10.2. The highest BCUT2D eigenvalue weighted by molar-refractivity contribution is 5.76. The van der Waals surface area contributed by atoms with Crippen LogP contribution in [-0.2, 0) is 9.59 Å². The fourth-order valence-electron chi connectivity index (χ4n) is 3.00. The van der Waals surface area contributed by atoms with Gasteiger partial charge in [-0.25, -0.2) is 0 Å². The van der Waals surface area contributed by atoms with E-state index in [0.717, 1.165) is 25.7 Å². The molecule has 0 aromatic heterocycles. The van der Waals surface area contributed by atoms with Crippen molar-refractivity contribution in [2.24, 2.45) is 0 Å². The minimum absolute atomic E-state index is 0.0377. The Labute approximate surface area is 154 Å². The van der Waals surface area contributed by atoms with Crippen LogP contribution in [0.1, 0.15) is 97.8 Å². The van der Waals surface area contributed by atoms with E-state index in [1.54, 1.807) is 0 Å². The molecule has 0 aromatic rings. The number of carboxylic acid groups (broad SMARTS) is 1. The van der Waals surface area contributed by atoms with Crippen LogP contribution in [0.4, 0.5) is 0 Å². The van der Waals surface area contributed by atoms with Crippen molar-refractivity contribution in [3.63, 3.8) is 0 Å². The number of aliphatic carboxylic acids is 1.